The maximum Gasteiger partial charge on any atom is 0.469 e. The first-order chi connectivity index (χ1) is 12.7. The van der Waals surface area contributed by atoms with Crippen molar-refractivity contribution in [2.75, 3.05) is 30.8 Å². The molecule has 0 spiro atoms. The van der Waals surface area contributed by atoms with Gasteiger partial charge in [0.05, 0.1) is 13.2 Å². The van der Waals surface area contributed by atoms with Crippen molar-refractivity contribution in [3.63, 3.8) is 0 Å². The summed E-state index contributed by atoms with van der Waals surface area (Å²) in [4.78, 5) is 29.5. The average molecular weight is 406 g/mol. The number of nitrogens with zero attached hydrogens (tertiary/aromatic N) is 4. The summed E-state index contributed by atoms with van der Waals surface area (Å²) in [5, 5.41) is 32.3. The van der Waals surface area contributed by atoms with Crippen molar-refractivity contribution in [3.8, 4) is 0 Å². The molecule has 0 radical (unpaired) electrons. The number of fused-ring (bicyclic) bond motifs is 1. The van der Waals surface area contributed by atoms with E-state index in [4.69, 9.17) is 20.3 Å². The highest BCUT2D eigenvalue weighted by Gasteiger charge is 2.45. The van der Waals surface area contributed by atoms with Crippen LogP contribution in [0.15, 0.2) is 6.33 Å². The summed E-state index contributed by atoms with van der Waals surface area (Å²) in [6.07, 6.45) is -3.74. The smallest absolute Gasteiger partial charge is 0.394 e. The fourth-order valence-electron chi connectivity index (χ4n) is 2.71. The molecule has 27 heavy (non-hydrogen) atoms. The van der Waals surface area contributed by atoms with Crippen LogP contribution in [0.2, 0.25) is 0 Å². The van der Waals surface area contributed by atoms with Gasteiger partial charge < -0.3 is 40.9 Å². The Morgan fingerprint density at radius 2 is 2.07 bits per heavy atom. The van der Waals surface area contributed by atoms with Crippen molar-refractivity contribution >= 4 is 30.8 Å². The molecular formula is C12H19N6O8P. The molecule has 1 saturated heterocycles. The predicted molar refractivity (Wildman–Crippen MR) is 89.2 cm³/mol. The molecule has 1 aliphatic heterocycles. The van der Waals surface area contributed by atoms with Gasteiger partial charge in [0.15, 0.2) is 23.2 Å². The molecule has 0 aliphatic carbocycles. The topological polar surface area (TPSA) is 218 Å². The van der Waals surface area contributed by atoms with Crippen molar-refractivity contribution < 1.29 is 38.9 Å². The number of nitrogen functional groups attached to an aromatic ring is 1. The van der Waals surface area contributed by atoms with E-state index in [2.05, 4.69) is 24.8 Å². The van der Waals surface area contributed by atoms with E-state index in [1.165, 1.54) is 10.9 Å². The molecule has 1 aliphatic rings. The fourth-order valence-corrected chi connectivity index (χ4v) is 3.04. The summed E-state index contributed by atoms with van der Waals surface area (Å²) in [5.41, 5.74) is 6.17. The molecule has 1 fully saturated rings. The summed E-state index contributed by atoms with van der Waals surface area (Å²) >= 11 is 0. The number of phosphoric ester groups is 1. The van der Waals surface area contributed by atoms with Crippen LogP contribution >= 0.6 is 7.82 Å². The van der Waals surface area contributed by atoms with Crippen LogP contribution in [0.3, 0.4) is 0 Å². The Balaban J connectivity index is 1.92. The molecule has 0 saturated carbocycles. The normalized spacial score (nSPS) is 26.0. The van der Waals surface area contributed by atoms with Gasteiger partial charge in [-0.05, 0) is 0 Å². The Kier molecular flexibility index (Phi) is 5.60. The lowest BCUT2D eigenvalue weighted by Gasteiger charge is -2.19. The summed E-state index contributed by atoms with van der Waals surface area (Å²) in [5.74, 6) is 0.140. The summed E-state index contributed by atoms with van der Waals surface area (Å²) < 4.78 is 21.9. The lowest BCUT2D eigenvalue weighted by molar-refractivity contribution is -0.0501. The highest BCUT2D eigenvalue weighted by molar-refractivity contribution is 7.46. The van der Waals surface area contributed by atoms with E-state index < -0.39 is 39.0 Å². The van der Waals surface area contributed by atoms with Crippen LogP contribution in [0.5, 0.6) is 0 Å². The monoisotopic (exact) mass is 406 g/mol. The third kappa shape index (κ3) is 4.02. The zero-order valence-corrected chi connectivity index (χ0v) is 14.7. The molecule has 3 rings (SSSR count). The molecular weight excluding hydrogens is 387 g/mol. The molecule has 2 aromatic rings. The lowest BCUT2D eigenvalue weighted by Crippen LogP contribution is -2.33. The van der Waals surface area contributed by atoms with Gasteiger partial charge >= 0.3 is 7.82 Å². The number of rotatable bonds is 7. The number of nitrogens with one attached hydrogen (secondary N) is 1. The van der Waals surface area contributed by atoms with Crippen LogP contribution in [0.4, 0.5) is 11.8 Å². The summed E-state index contributed by atoms with van der Waals surface area (Å²) in [6.45, 7) is -0.918. The molecule has 2 aromatic heterocycles. The van der Waals surface area contributed by atoms with Crippen LogP contribution in [0.1, 0.15) is 6.23 Å². The second-order valence-corrected chi connectivity index (χ2v) is 6.96. The maximum atomic E-state index is 10.7. The van der Waals surface area contributed by atoms with Crippen molar-refractivity contribution in [1.29, 1.82) is 0 Å². The van der Waals surface area contributed by atoms with E-state index in [1.54, 1.807) is 0 Å². The fraction of sp³-hybridized carbons (Fsp3) is 0.583. The first-order valence-corrected chi connectivity index (χ1v) is 9.30. The van der Waals surface area contributed by atoms with Crippen molar-refractivity contribution in [2.24, 2.45) is 0 Å². The number of anilines is 2. The largest absolute Gasteiger partial charge is 0.469 e. The Hall–Kier alpha value is -1.90. The number of hydrogen-bond acceptors (Lipinski definition) is 11. The van der Waals surface area contributed by atoms with Crippen molar-refractivity contribution in [3.05, 3.63) is 6.33 Å². The van der Waals surface area contributed by atoms with Gasteiger partial charge in [-0.2, -0.15) is 0 Å². The van der Waals surface area contributed by atoms with Gasteiger partial charge in [-0.1, -0.05) is 0 Å². The van der Waals surface area contributed by atoms with Gasteiger partial charge in [0.25, 0.3) is 0 Å². The third-order valence-electron chi connectivity index (χ3n) is 3.92. The number of nitrogens with two attached hydrogens (primary N) is 1. The molecule has 0 unspecified atom stereocenters. The average Bonchev–Trinajstić information content (AvgIpc) is 3.10. The molecule has 150 valence electrons. The molecule has 0 bridgehead atoms. The van der Waals surface area contributed by atoms with E-state index >= 15 is 0 Å². The van der Waals surface area contributed by atoms with Gasteiger partial charge in [0, 0.05) is 6.54 Å². The van der Waals surface area contributed by atoms with Crippen LogP contribution in [0, 0.1) is 0 Å². The van der Waals surface area contributed by atoms with Gasteiger partial charge in [0.1, 0.15) is 24.6 Å². The van der Waals surface area contributed by atoms with Crippen LogP contribution in [-0.4, -0.2) is 82.7 Å². The Bertz CT molecular complexity index is 858. The molecule has 8 N–H and O–H groups in total. The number of aromatic nitrogens is 4. The number of aliphatic hydroxyl groups excluding tert-OH is 3. The summed E-state index contributed by atoms with van der Waals surface area (Å²) in [6, 6.07) is 0. The second-order valence-electron chi connectivity index (χ2n) is 5.72. The zero-order valence-electron chi connectivity index (χ0n) is 13.8. The van der Waals surface area contributed by atoms with E-state index in [9.17, 15) is 19.9 Å². The van der Waals surface area contributed by atoms with Gasteiger partial charge in [-0.3, -0.25) is 9.09 Å². The van der Waals surface area contributed by atoms with E-state index in [-0.39, 0.29) is 36.1 Å². The second kappa shape index (κ2) is 7.61. The summed E-state index contributed by atoms with van der Waals surface area (Å²) in [7, 11) is -4.62. The SMILES string of the molecule is Nc1ncnc2c1nc(NCCOP(=O)(O)O)n2[C@@H]1O[C@H](CO)[C@@H](O)[C@H]1O. The minimum atomic E-state index is -4.62. The number of ether oxygens (including phenoxy) is 1. The third-order valence-corrected chi connectivity index (χ3v) is 4.44. The minimum Gasteiger partial charge on any atom is -0.394 e. The number of aliphatic hydroxyl groups is 3. The lowest BCUT2D eigenvalue weighted by atomic mass is 10.1. The first kappa shape index (κ1) is 19.9. The van der Waals surface area contributed by atoms with Crippen LogP contribution in [0.25, 0.3) is 11.2 Å². The standard InChI is InChI=1S/C12H19N6O8P/c13-9-6-10(16-4-15-9)18(11-8(21)7(20)5(3-19)26-11)12(17-6)14-1-2-25-27(22,23)24/h4-5,7-8,11,19-21H,1-3H2,(H,14,17)(H2,13,15,16)(H2,22,23,24)/t5-,7-,8-,11-/m1/s1. The maximum absolute atomic E-state index is 10.7. The predicted octanol–water partition coefficient (Wildman–Crippen LogP) is -2.46. The van der Waals surface area contributed by atoms with E-state index in [1.807, 2.05) is 0 Å². The quantitative estimate of drug-likeness (QED) is 0.188. The van der Waals surface area contributed by atoms with Crippen molar-refractivity contribution in [2.45, 2.75) is 24.5 Å². The molecule has 15 heteroatoms. The van der Waals surface area contributed by atoms with E-state index in [0.717, 1.165) is 0 Å². The van der Waals surface area contributed by atoms with Gasteiger partial charge in [0.2, 0.25) is 5.95 Å². The van der Waals surface area contributed by atoms with Gasteiger partial charge in [-0.25, -0.2) is 19.5 Å². The number of imidazole rings is 1. The molecule has 14 nitrogen and oxygen atoms in total. The Morgan fingerprint density at radius 3 is 2.70 bits per heavy atom. The van der Waals surface area contributed by atoms with Crippen LogP contribution < -0.4 is 11.1 Å². The molecule has 4 atom stereocenters. The zero-order chi connectivity index (χ0) is 19.8. The Labute approximate surface area is 151 Å². The van der Waals surface area contributed by atoms with Crippen molar-refractivity contribution in [1.82, 2.24) is 19.5 Å². The molecule has 0 aromatic carbocycles. The molecule has 0 amide bonds. The Morgan fingerprint density at radius 1 is 1.33 bits per heavy atom. The highest BCUT2D eigenvalue weighted by atomic mass is 31.2. The van der Waals surface area contributed by atoms with E-state index in [0.29, 0.717) is 0 Å². The van der Waals surface area contributed by atoms with Gasteiger partial charge in [-0.15, -0.1) is 0 Å². The first-order valence-electron chi connectivity index (χ1n) is 7.77. The number of phosphoric acid groups is 1. The highest BCUT2D eigenvalue weighted by Crippen LogP contribution is 2.36. The molecule has 3 heterocycles. The minimum absolute atomic E-state index is 0.0556. The number of hydrogen-bond donors (Lipinski definition) is 7. The van der Waals surface area contributed by atoms with Crippen LogP contribution in [-0.2, 0) is 13.8 Å².